The molecule has 2 atom stereocenters. The van der Waals surface area contributed by atoms with Gasteiger partial charge in [-0.1, -0.05) is 6.07 Å². The first kappa shape index (κ1) is 11.2. The van der Waals surface area contributed by atoms with Gasteiger partial charge >= 0.3 is 0 Å². The Kier molecular flexibility index (Phi) is 3.39. The number of piperidine rings is 1. The highest BCUT2D eigenvalue weighted by Gasteiger charge is 2.33. The molecule has 1 aromatic heterocycles. The summed E-state index contributed by atoms with van der Waals surface area (Å²) in [5, 5.41) is 3.65. The Morgan fingerprint density at radius 2 is 2.35 bits per heavy atom. The Morgan fingerprint density at radius 1 is 1.35 bits per heavy atom. The molecule has 2 unspecified atom stereocenters. The van der Waals surface area contributed by atoms with E-state index in [1.54, 1.807) is 0 Å². The lowest BCUT2D eigenvalue weighted by molar-refractivity contribution is 0.321. The predicted octanol–water partition coefficient (Wildman–Crippen LogP) is 1.31. The van der Waals surface area contributed by atoms with Gasteiger partial charge in [-0.2, -0.15) is 0 Å². The molecule has 0 amide bonds. The molecule has 0 spiro atoms. The van der Waals surface area contributed by atoms with Gasteiger partial charge in [-0.25, -0.2) is 0 Å². The third-order valence-corrected chi connectivity index (χ3v) is 4.09. The van der Waals surface area contributed by atoms with Gasteiger partial charge in [0, 0.05) is 44.0 Å². The van der Waals surface area contributed by atoms with E-state index in [1.165, 1.54) is 38.2 Å². The third-order valence-electron chi connectivity index (χ3n) is 4.09. The molecule has 2 fully saturated rings. The molecule has 92 valence electrons. The number of aromatic nitrogens is 1. The first-order chi connectivity index (χ1) is 8.42. The van der Waals surface area contributed by atoms with Crippen LogP contribution in [-0.4, -0.2) is 42.1 Å². The first-order valence-electron chi connectivity index (χ1n) is 6.77. The third kappa shape index (κ3) is 2.67. The van der Waals surface area contributed by atoms with Crippen LogP contribution in [0.3, 0.4) is 0 Å². The summed E-state index contributed by atoms with van der Waals surface area (Å²) in [6.07, 6.45) is 5.74. The number of nitrogens with zero attached hydrogens (tertiary/aromatic N) is 2. The molecule has 3 rings (SSSR count). The van der Waals surface area contributed by atoms with E-state index >= 15 is 0 Å². The fourth-order valence-corrected chi connectivity index (χ4v) is 3.14. The van der Waals surface area contributed by atoms with Crippen LogP contribution in [0.15, 0.2) is 24.4 Å². The average Bonchev–Trinajstić information content (AvgIpc) is 2.80. The number of likely N-dealkylation sites (tertiary alicyclic amines) is 1. The molecule has 0 aliphatic carbocycles. The number of rotatable bonds is 3. The molecular formula is C14H21N3. The van der Waals surface area contributed by atoms with Gasteiger partial charge in [-0.3, -0.25) is 4.98 Å². The topological polar surface area (TPSA) is 28.2 Å². The largest absolute Gasteiger partial charge is 0.312 e. The lowest BCUT2D eigenvalue weighted by atomic mass is 9.94. The number of hydrogen-bond donors (Lipinski definition) is 1. The van der Waals surface area contributed by atoms with Crippen LogP contribution in [0.4, 0.5) is 0 Å². The van der Waals surface area contributed by atoms with Crippen LogP contribution in [0.1, 0.15) is 18.5 Å². The van der Waals surface area contributed by atoms with Crippen LogP contribution in [0, 0.1) is 5.92 Å². The SMILES string of the molecule is c1ccc(CCN2CC3CCCNC3C2)nc1. The van der Waals surface area contributed by atoms with Crippen molar-refractivity contribution in [3.63, 3.8) is 0 Å². The second-order valence-electron chi connectivity index (χ2n) is 5.29. The highest BCUT2D eigenvalue weighted by Crippen LogP contribution is 2.24. The van der Waals surface area contributed by atoms with Crippen LogP contribution in [0.25, 0.3) is 0 Å². The zero-order valence-electron chi connectivity index (χ0n) is 10.3. The number of fused-ring (bicyclic) bond motifs is 1. The zero-order chi connectivity index (χ0) is 11.5. The van der Waals surface area contributed by atoms with Crippen LogP contribution in [-0.2, 0) is 6.42 Å². The summed E-state index contributed by atoms with van der Waals surface area (Å²) >= 11 is 0. The summed E-state index contributed by atoms with van der Waals surface area (Å²) in [5.41, 5.74) is 1.22. The molecule has 0 bridgehead atoms. The monoisotopic (exact) mass is 231 g/mol. The van der Waals surface area contributed by atoms with Gasteiger partial charge in [-0.05, 0) is 37.4 Å². The summed E-state index contributed by atoms with van der Waals surface area (Å²) in [7, 11) is 0. The first-order valence-corrected chi connectivity index (χ1v) is 6.77. The Morgan fingerprint density at radius 3 is 3.18 bits per heavy atom. The molecule has 2 saturated heterocycles. The van der Waals surface area contributed by atoms with E-state index in [2.05, 4.69) is 27.3 Å². The van der Waals surface area contributed by atoms with E-state index in [0.29, 0.717) is 0 Å². The van der Waals surface area contributed by atoms with E-state index in [4.69, 9.17) is 0 Å². The molecule has 3 heteroatoms. The predicted molar refractivity (Wildman–Crippen MR) is 68.9 cm³/mol. The van der Waals surface area contributed by atoms with Crippen molar-refractivity contribution >= 4 is 0 Å². The second-order valence-corrected chi connectivity index (χ2v) is 5.29. The van der Waals surface area contributed by atoms with Crippen LogP contribution < -0.4 is 5.32 Å². The maximum absolute atomic E-state index is 4.39. The highest BCUT2D eigenvalue weighted by molar-refractivity contribution is 5.04. The molecule has 2 aliphatic heterocycles. The summed E-state index contributed by atoms with van der Waals surface area (Å²) < 4.78 is 0. The van der Waals surface area contributed by atoms with Crippen LogP contribution >= 0.6 is 0 Å². The number of pyridine rings is 1. The van der Waals surface area contributed by atoms with E-state index in [-0.39, 0.29) is 0 Å². The van der Waals surface area contributed by atoms with E-state index in [1.807, 2.05) is 12.3 Å². The summed E-state index contributed by atoms with van der Waals surface area (Å²) in [4.78, 5) is 6.99. The van der Waals surface area contributed by atoms with Crippen molar-refractivity contribution in [2.75, 3.05) is 26.2 Å². The smallest absolute Gasteiger partial charge is 0.0416 e. The van der Waals surface area contributed by atoms with Crippen molar-refractivity contribution in [2.45, 2.75) is 25.3 Å². The minimum atomic E-state index is 0.757. The summed E-state index contributed by atoms with van der Waals surface area (Å²) in [6, 6.07) is 6.94. The van der Waals surface area contributed by atoms with Crippen molar-refractivity contribution in [3.05, 3.63) is 30.1 Å². The van der Waals surface area contributed by atoms with E-state index < -0.39 is 0 Å². The van der Waals surface area contributed by atoms with Crippen molar-refractivity contribution in [3.8, 4) is 0 Å². The molecule has 0 radical (unpaired) electrons. The lowest BCUT2D eigenvalue weighted by Crippen LogP contribution is -2.40. The van der Waals surface area contributed by atoms with E-state index in [9.17, 15) is 0 Å². The van der Waals surface area contributed by atoms with Gasteiger partial charge in [0.25, 0.3) is 0 Å². The standard InChI is InChI=1S/C14H21N3/c1-2-7-15-13(5-1)6-9-17-10-12-4-3-8-16-14(12)11-17/h1-2,5,7,12,14,16H,3-4,6,8-11H2. The quantitative estimate of drug-likeness (QED) is 0.850. The van der Waals surface area contributed by atoms with Gasteiger partial charge in [0.15, 0.2) is 0 Å². The van der Waals surface area contributed by atoms with Gasteiger partial charge < -0.3 is 10.2 Å². The fourth-order valence-electron chi connectivity index (χ4n) is 3.14. The van der Waals surface area contributed by atoms with Crippen molar-refractivity contribution < 1.29 is 0 Å². The number of hydrogen-bond acceptors (Lipinski definition) is 3. The molecule has 0 saturated carbocycles. The van der Waals surface area contributed by atoms with Crippen molar-refractivity contribution in [1.29, 1.82) is 0 Å². The van der Waals surface area contributed by atoms with Crippen molar-refractivity contribution in [1.82, 2.24) is 15.2 Å². The Bertz CT molecular complexity index is 338. The Labute approximate surface area is 103 Å². The van der Waals surface area contributed by atoms with Gasteiger partial charge in [0.05, 0.1) is 0 Å². The van der Waals surface area contributed by atoms with Crippen LogP contribution in [0.2, 0.25) is 0 Å². The molecule has 2 aliphatic rings. The Balaban J connectivity index is 1.50. The minimum Gasteiger partial charge on any atom is -0.312 e. The van der Waals surface area contributed by atoms with E-state index in [0.717, 1.165) is 24.9 Å². The lowest BCUT2D eigenvalue weighted by Gasteiger charge is -2.24. The minimum absolute atomic E-state index is 0.757. The summed E-state index contributed by atoms with van der Waals surface area (Å²) in [5.74, 6) is 0.896. The van der Waals surface area contributed by atoms with Gasteiger partial charge in [-0.15, -0.1) is 0 Å². The summed E-state index contributed by atoms with van der Waals surface area (Å²) in [6.45, 7) is 4.89. The van der Waals surface area contributed by atoms with Gasteiger partial charge in [0.1, 0.15) is 0 Å². The van der Waals surface area contributed by atoms with Crippen LogP contribution in [0.5, 0.6) is 0 Å². The molecule has 3 heterocycles. The second kappa shape index (κ2) is 5.15. The zero-order valence-corrected chi connectivity index (χ0v) is 10.3. The molecule has 17 heavy (non-hydrogen) atoms. The molecular weight excluding hydrogens is 210 g/mol. The molecule has 3 nitrogen and oxygen atoms in total. The normalized spacial score (nSPS) is 29.2. The highest BCUT2D eigenvalue weighted by atomic mass is 15.2. The average molecular weight is 231 g/mol. The maximum atomic E-state index is 4.39. The molecule has 1 N–H and O–H groups in total. The Hall–Kier alpha value is -0.930. The molecule has 0 aromatic carbocycles. The number of nitrogens with one attached hydrogen (secondary N) is 1. The van der Waals surface area contributed by atoms with Gasteiger partial charge in [0.2, 0.25) is 0 Å². The van der Waals surface area contributed by atoms with Crippen molar-refractivity contribution in [2.24, 2.45) is 5.92 Å². The molecule has 1 aromatic rings. The fraction of sp³-hybridized carbons (Fsp3) is 0.643. The maximum Gasteiger partial charge on any atom is 0.0416 e.